The normalized spacial score (nSPS) is 18.2. The summed E-state index contributed by atoms with van der Waals surface area (Å²) in [5.41, 5.74) is 5.15. The van der Waals surface area contributed by atoms with Gasteiger partial charge in [-0.05, 0) is 82.9 Å². The molecule has 1 heterocycles. The first-order valence-electron chi connectivity index (χ1n) is 13.2. The van der Waals surface area contributed by atoms with E-state index in [2.05, 4.69) is 48.5 Å². The first-order chi connectivity index (χ1) is 14.8. The molecule has 0 radical (unpaired) electrons. The standard InChI is InChI=1S/C29H50O2/c1-8-30-27-23(4)24(5)28-26(25(27)6)19-21-29(7,31-28)20-17-15-13-11-9-10-12-14-16-18-22(2)3/h22H,8-21H2,1-7H3/t29-/m1/s1. The molecule has 0 saturated carbocycles. The third-order valence-corrected chi connectivity index (χ3v) is 7.34. The summed E-state index contributed by atoms with van der Waals surface area (Å²) in [7, 11) is 0. The lowest BCUT2D eigenvalue weighted by Gasteiger charge is -2.38. The van der Waals surface area contributed by atoms with Gasteiger partial charge in [-0.2, -0.15) is 0 Å². The van der Waals surface area contributed by atoms with E-state index in [0.29, 0.717) is 0 Å². The highest BCUT2D eigenvalue weighted by molar-refractivity contribution is 5.59. The van der Waals surface area contributed by atoms with Gasteiger partial charge in [0.05, 0.1) is 6.61 Å². The average molecular weight is 431 g/mol. The van der Waals surface area contributed by atoms with Crippen LogP contribution in [0.3, 0.4) is 0 Å². The van der Waals surface area contributed by atoms with Crippen LogP contribution in [0.25, 0.3) is 0 Å². The number of hydrogen-bond acceptors (Lipinski definition) is 2. The molecule has 1 atom stereocenters. The fourth-order valence-corrected chi connectivity index (χ4v) is 5.11. The van der Waals surface area contributed by atoms with Gasteiger partial charge in [0.15, 0.2) is 0 Å². The summed E-state index contributed by atoms with van der Waals surface area (Å²) in [6.07, 6.45) is 17.3. The van der Waals surface area contributed by atoms with Crippen LogP contribution in [-0.2, 0) is 6.42 Å². The Labute approximate surface area is 193 Å². The minimum absolute atomic E-state index is 0.0137. The molecule has 1 aromatic carbocycles. The van der Waals surface area contributed by atoms with Crippen LogP contribution in [-0.4, -0.2) is 12.2 Å². The first kappa shape index (κ1) is 26.1. The maximum Gasteiger partial charge on any atom is 0.127 e. The Morgan fingerprint density at radius 2 is 1.42 bits per heavy atom. The lowest BCUT2D eigenvalue weighted by atomic mass is 9.84. The van der Waals surface area contributed by atoms with Crippen LogP contribution in [0, 0.1) is 26.7 Å². The van der Waals surface area contributed by atoms with Crippen molar-refractivity contribution in [2.24, 2.45) is 5.92 Å². The smallest absolute Gasteiger partial charge is 0.127 e. The summed E-state index contributed by atoms with van der Waals surface area (Å²) in [5, 5.41) is 0. The Balaban J connectivity index is 1.72. The maximum absolute atomic E-state index is 6.69. The zero-order valence-corrected chi connectivity index (χ0v) is 21.8. The molecule has 0 unspecified atom stereocenters. The second-order valence-corrected chi connectivity index (χ2v) is 10.6. The van der Waals surface area contributed by atoms with E-state index in [0.717, 1.165) is 36.9 Å². The Morgan fingerprint density at radius 1 is 0.839 bits per heavy atom. The first-order valence-corrected chi connectivity index (χ1v) is 13.2. The van der Waals surface area contributed by atoms with Crippen LogP contribution in [0.5, 0.6) is 11.5 Å². The quantitative estimate of drug-likeness (QED) is 0.274. The minimum atomic E-state index is -0.0137. The van der Waals surface area contributed by atoms with Crippen LogP contribution in [0.15, 0.2) is 0 Å². The molecule has 0 fully saturated rings. The molecule has 1 aromatic rings. The lowest BCUT2D eigenvalue weighted by molar-refractivity contribution is 0.0521. The van der Waals surface area contributed by atoms with Crippen molar-refractivity contribution in [1.29, 1.82) is 0 Å². The number of benzene rings is 1. The van der Waals surface area contributed by atoms with Crippen molar-refractivity contribution in [2.75, 3.05) is 6.61 Å². The van der Waals surface area contributed by atoms with Crippen molar-refractivity contribution in [3.05, 3.63) is 22.3 Å². The van der Waals surface area contributed by atoms with E-state index >= 15 is 0 Å². The Morgan fingerprint density at radius 3 is 2.00 bits per heavy atom. The molecule has 0 N–H and O–H groups in total. The molecule has 0 bridgehead atoms. The second kappa shape index (κ2) is 12.8. The second-order valence-electron chi connectivity index (χ2n) is 10.6. The number of ether oxygens (including phenoxy) is 2. The molecule has 1 aliphatic heterocycles. The molecular formula is C29H50O2. The molecule has 2 rings (SSSR count). The fourth-order valence-electron chi connectivity index (χ4n) is 5.11. The van der Waals surface area contributed by atoms with E-state index in [1.165, 1.54) is 92.9 Å². The topological polar surface area (TPSA) is 18.5 Å². The Kier molecular flexibility index (Phi) is 10.7. The molecule has 2 nitrogen and oxygen atoms in total. The van der Waals surface area contributed by atoms with Crippen LogP contribution < -0.4 is 9.47 Å². The highest BCUT2D eigenvalue weighted by Crippen LogP contribution is 2.44. The number of unbranched alkanes of at least 4 members (excludes halogenated alkanes) is 8. The number of hydrogen-bond donors (Lipinski definition) is 0. The van der Waals surface area contributed by atoms with Crippen LogP contribution >= 0.6 is 0 Å². The van der Waals surface area contributed by atoms with Crippen LogP contribution in [0.2, 0.25) is 0 Å². The number of fused-ring (bicyclic) bond motifs is 1. The molecule has 0 saturated heterocycles. The predicted octanol–water partition coefficient (Wildman–Crippen LogP) is 9.04. The SMILES string of the molecule is CCOc1c(C)c(C)c2c(c1C)CC[C@@](C)(CCCCCCCCCCCC(C)C)O2. The number of rotatable bonds is 14. The van der Waals surface area contributed by atoms with Gasteiger partial charge in [0.25, 0.3) is 0 Å². The Hall–Kier alpha value is -1.18. The van der Waals surface area contributed by atoms with Crippen molar-refractivity contribution < 1.29 is 9.47 Å². The van der Waals surface area contributed by atoms with Crippen LogP contribution in [0.1, 0.15) is 127 Å². The van der Waals surface area contributed by atoms with Gasteiger partial charge in [-0.3, -0.25) is 0 Å². The van der Waals surface area contributed by atoms with Gasteiger partial charge >= 0.3 is 0 Å². The molecule has 31 heavy (non-hydrogen) atoms. The third kappa shape index (κ3) is 7.72. The summed E-state index contributed by atoms with van der Waals surface area (Å²) < 4.78 is 12.6. The largest absolute Gasteiger partial charge is 0.493 e. The third-order valence-electron chi connectivity index (χ3n) is 7.34. The van der Waals surface area contributed by atoms with Gasteiger partial charge in [-0.25, -0.2) is 0 Å². The summed E-state index contributed by atoms with van der Waals surface area (Å²) in [5.74, 6) is 3.09. The van der Waals surface area contributed by atoms with Gasteiger partial charge in [-0.1, -0.05) is 71.6 Å². The van der Waals surface area contributed by atoms with Crippen molar-refractivity contribution in [3.8, 4) is 11.5 Å². The van der Waals surface area contributed by atoms with Gasteiger partial charge in [-0.15, -0.1) is 0 Å². The van der Waals surface area contributed by atoms with E-state index in [4.69, 9.17) is 9.47 Å². The van der Waals surface area contributed by atoms with E-state index < -0.39 is 0 Å². The highest BCUT2D eigenvalue weighted by Gasteiger charge is 2.34. The van der Waals surface area contributed by atoms with Crippen LogP contribution in [0.4, 0.5) is 0 Å². The van der Waals surface area contributed by atoms with Gasteiger partial charge in [0, 0.05) is 5.56 Å². The van der Waals surface area contributed by atoms with E-state index in [9.17, 15) is 0 Å². The lowest BCUT2D eigenvalue weighted by Crippen LogP contribution is -2.37. The van der Waals surface area contributed by atoms with Crippen molar-refractivity contribution in [1.82, 2.24) is 0 Å². The molecule has 2 heteroatoms. The van der Waals surface area contributed by atoms with Crippen molar-refractivity contribution >= 4 is 0 Å². The van der Waals surface area contributed by atoms with E-state index in [1.807, 2.05) is 0 Å². The Bertz CT molecular complexity index is 676. The van der Waals surface area contributed by atoms with E-state index in [1.54, 1.807) is 0 Å². The summed E-state index contributed by atoms with van der Waals surface area (Å²) in [6.45, 7) is 16.3. The summed E-state index contributed by atoms with van der Waals surface area (Å²) >= 11 is 0. The van der Waals surface area contributed by atoms with Gasteiger partial charge in [0.2, 0.25) is 0 Å². The van der Waals surface area contributed by atoms with E-state index in [-0.39, 0.29) is 5.60 Å². The molecular weight excluding hydrogens is 380 g/mol. The fraction of sp³-hybridized carbons (Fsp3) is 0.793. The molecule has 0 amide bonds. The van der Waals surface area contributed by atoms with Gasteiger partial charge in [0.1, 0.15) is 17.1 Å². The molecule has 1 aliphatic rings. The average Bonchev–Trinajstić information content (AvgIpc) is 2.73. The monoisotopic (exact) mass is 430 g/mol. The van der Waals surface area contributed by atoms with Gasteiger partial charge < -0.3 is 9.47 Å². The minimum Gasteiger partial charge on any atom is -0.493 e. The molecule has 0 spiro atoms. The van der Waals surface area contributed by atoms with Crippen molar-refractivity contribution in [3.63, 3.8) is 0 Å². The molecule has 0 aromatic heterocycles. The zero-order valence-electron chi connectivity index (χ0n) is 21.8. The summed E-state index contributed by atoms with van der Waals surface area (Å²) in [4.78, 5) is 0. The predicted molar refractivity (Wildman–Crippen MR) is 135 cm³/mol. The highest BCUT2D eigenvalue weighted by atomic mass is 16.5. The maximum atomic E-state index is 6.69. The summed E-state index contributed by atoms with van der Waals surface area (Å²) in [6, 6.07) is 0. The molecule has 178 valence electrons. The zero-order chi connectivity index (χ0) is 22.9. The molecule has 0 aliphatic carbocycles. The van der Waals surface area contributed by atoms with Crippen molar-refractivity contribution in [2.45, 2.75) is 138 Å².